The van der Waals surface area contributed by atoms with E-state index in [0.717, 1.165) is 19.3 Å². The van der Waals surface area contributed by atoms with E-state index >= 15 is 0 Å². The van der Waals surface area contributed by atoms with Crippen molar-refractivity contribution in [1.82, 2.24) is 0 Å². The lowest BCUT2D eigenvalue weighted by Gasteiger charge is -2.12. The normalized spacial score (nSPS) is 12.2. The SMILES string of the molecule is C=C(C(=O)OCC)C(C)CCCC. The first-order valence-corrected chi connectivity index (χ1v) is 4.99. The second-order valence-electron chi connectivity index (χ2n) is 3.29. The zero-order valence-corrected chi connectivity index (χ0v) is 8.93. The molecular formula is C11H20O2. The van der Waals surface area contributed by atoms with Gasteiger partial charge in [-0.15, -0.1) is 0 Å². The number of hydrogen-bond donors (Lipinski definition) is 0. The van der Waals surface area contributed by atoms with Crippen molar-refractivity contribution in [3.63, 3.8) is 0 Å². The minimum atomic E-state index is -0.244. The Bertz CT molecular complexity index is 173. The van der Waals surface area contributed by atoms with Gasteiger partial charge in [0.15, 0.2) is 0 Å². The predicted octanol–water partition coefficient (Wildman–Crippen LogP) is 2.93. The molecule has 0 aromatic heterocycles. The van der Waals surface area contributed by atoms with Gasteiger partial charge in [0.25, 0.3) is 0 Å². The number of hydrogen-bond acceptors (Lipinski definition) is 2. The molecule has 0 heterocycles. The fourth-order valence-electron chi connectivity index (χ4n) is 1.11. The zero-order chi connectivity index (χ0) is 10.3. The summed E-state index contributed by atoms with van der Waals surface area (Å²) in [5.41, 5.74) is 0.607. The average Bonchev–Trinajstić information content (AvgIpc) is 2.13. The molecule has 0 aliphatic rings. The van der Waals surface area contributed by atoms with Gasteiger partial charge in [0, 0.05) is 5.57 Å². The Balaban J connectivity index is 3.87. The van der Waals surface area contributed by atoms with E-state index < -0.39 is 0 Å². The number of esters is 1. The zero-order valence-electron chi connectivity index (χ0n) is 8.93. The maximum Gasteiger partial charge on any atom is 0.333 e. The van der Waals surface area contributed by atoms with E-state index in [4.69, 9.17) is 4.74 Å². The van der Waals surface area contributed by atoms with Crippen molar-refractivity contribution in [3.05, 3.63) is 12.2 Å². The summed E-state index contributed by atoms with van der Waals surface area (Å²) in [6.45, 7) is 10.1. The van der Waals surface area contributed by atoms with Crippen molar-refractivity contribution < 1.29 is 9.53 Å². The van der Waals surface area contributed by atoms with Crippen molar-refractivity contribution in [3.8, 4) is 0 Å². The second kappa shape index (κ2) is 6.70. The summed E-state index contributed by atoms with van der Waals surface area (Å²) in [6.07, 6.45) is 3.31. The van der Waals surface area contributed by atoms with Gasteiger partial charge < -0.3 is 4.74 Å². The average molecular weight is 184 g/mol. The van der Waals surface area contributed by atoms with Crippen molar-refractivity contribution >= 4 is 5.97 Å². The molecule has 0 aromatic carbocycles. The number of rotatable bonds is 6. The molecule has 0 rings (SSSR count). The van der Waals surface area contributed by atoms with Gasteiger partial charge in [-0.3, -0.25) is 0 Å². The van der Waals surface area contributed by atoms with Crippen LogP contribution in [0.1, 0.15) is 40.0 Å². The quantitative estimate of drug-likeness (QED) is 0.468. The molecule has 2 nitrogen and oxygen atoms in total. The fourth-order valence-corrected chi connectivity index (χ4v) is 1.11. The van der Waals surface area contributed by atoms with Crippen LogP contribution in [0.4, 0.5) is 0 Å². The van der Waals surface area contributed by atoms with Crippen LogP contribution in [-0.2, 0) is 9.53 Å². The summed E-state index contributed by atoms with van der Waals surface area (Å²) in [7, 11) is 0. The standard InChI is InChI=1S/C11H20O2/c1-5-7-8-9(3)10(4)11(12)13-6-2/h9H,4-8H2,1-3H3. The molecule has 0 saturated carbocycles. The predicted molar refractivity (Wildman–Crippen MR) is 54.5 cm³/mol. The van der Waals surface area contributed by atoms with Crippen LogP contribution in [0, 0.1) is 5.92 Å². The molecule has 0 amide bonds. The highest BCUT2D eigenvalue weighted by molar-refractivity contribution is 5.88. The monoisotopic (exact) mass is 184 g/mol. The second-order valence-corrected chi connectivity index (χ2v) is 3.29. The number of carbonyl (C=O) groups excluding carboxylic acids is 1. The molecule has 0 fully saturated rings. The summed E-state index contributed by atoms with van der Waals surface area (Å²) < 4.78 is 4.87. The Hall–Kier alpha value is -0.790. The maximum atomic E-state index is 11.2. The summed E-state index contributed by atoms with van der Waals surface area (Å²) in [4.78, 5) is 11.2. The van der Waals surface area contributed by atoms with Crippen molar-refractivity contribution in [2.75, 3.05) is 6.61 Å². The van der Waals surface area contributed by atoms with E-state index in [1.165, 1.54) is 0 Å². The Morgan fingerprint density at radius 2 is 2.08 bits per heavy atom. The number of unbranched alkanes of at least 4 members (excludes halogenated alkanes) is 1. The first-order chi connectivity index (χ1) is 6.13. The molecule has 13 heavy (non-hydrogen) atoms. The van der Waals surface area contributed by atoms with E-state index in [1.807, 2.05) is 13.8 Å². The molecule has 0 aromatic rings. The van der Waals surface area contributed by atoms with Crippen molar-refractivity contribution in [2.45, 2.75) is 40.0 Å². The molecule has 0 aliphatic carbocycles. The topological polar surface area (TPSA) is 26.3 Å². The number of carbonyl (C=O) groups is 1. The lowest BCUT2D eigenvalue weighted by molar-refractivity contribution is -0.139. The van der Waals surface area contributed by atoms with Crippen LogP contribution in [0.5, 0.6) is 0 Å². The van der Waals surface area contributed by atoms with E-state index in [2.05, 4.69) is 13.5 Å². The van der Waals surface area contributed by atoms with Crippen molar-refractivity contribution in [2.24, 2.45) is 5.92 Å². The van der Waals surface area contributed by atoms with Crippen molar-refractivity contribution in [1.29, 1.82) is 0 Å². The first-order valence-electron chi connectivity index (χ1n) is 4.99. The summed E-state index contributed by atoms with van der Waals surface area (Å²) in [6, 6.07) is 0. The highest BCUT2D eigenvalue weighted by Crippen LogP contribution is 2.16. The third-order valence-electron chi connectivity index (χ3n) is 2.12. The van der Waals surface area contributed by atoms with Crippen LogP contribution in [0.2, 0.25) is 0 Å². The summed E-state index contributed by atoms with van der Waals surface area (Å²) >= 11 is 0. The van der Waals surface area contributed by atoms with Crippen LogP contribution in [0.15, 0.2) is 12.2 Å². The molecule has 2 heteroatoms. The van der Waals surface area contributed by atoms with Gasteiger partial charge in [0.05, 0.1) is 6.61 Å². The maximum absolute atomic E-state index is 11.2. The van der Waals surface area contributed by atoms with Gasteiger partial charge in [-0.25, -0.2) is 4.79 Å². The van der Waals surface area contributed by atoms with Crippen LogP contribution >= 0.6 is 0 Å². The molecule has 0 N–H and O–H groups in total. The summed E-state index contributed by atoms with van der Waals surface area (Å²) in [5.74, 6) is 0.00473. The fraction of sp³-hybridized carbons (Fsp3) is 0.727. The minimum absolute atomic E-state index is 0.244. The third-order valence-corrected chi connectivity index (χ3v) is 2.12. The molecule has 76 valence electrons. The largest absolute Gasteiger partial charge is 0.463 e. The van der Waals surface area contributed by atoms with Crippen LogP contribution in [0.25, 0.3) is 0 Å². The molecule has 1 atom stereocenters. The van der Waals surface area contributed by atoms with Gasteiger partial charge in [-0.2, -0.15) is 0 Å². The third kappa shape index (κ3) is 4.71. The van der Waals surface area contributed by atoms with Gasteiger partial charge in [-0.1, -0.05) is 33.3 Å². The van der Waals surface area contributed by atoms with Gasteiger partial charge in [0.1, 0.15) is 0 Å². The number of ether oxygens (including phenoxy) is 1. The van der Waals surface area contributed by atoms with Gasteiger partial charge in [0.2, 0.25) is 0 Å². The molecule has 0 saturated heterocycles. The highest BCUT2D eigenvalue weighted by atomic mass is 16.5. The summed E-state index contributed by atoms with van der Waals surface area (Å²) in [5, 5.41) is 0. The molecule has 0 radical (unpaired) electrons. The lowest BCUT2D eigenvalue weighted by Crippen LogP contribution is -2.12. The first kappa shape index (κ1) is 12.2. The van der Waals surface area contributed by atoms with E-state index in [0.29, 0.717) is 12.2 Å². The van der Waals surface area contributed by atoms with Crippen LogP contribution < -0.4 is 0 Å². The Morgan fingerprint density at radius 1 is 1.46 bits per heavy atom. The Labute approximate surface area is 81.0 Å². The molecule has 1 unspecified atom stereocenters. The minimum Gasteiger partial charge on any atom is -0.463 e. The Morgan fingerprint density at radius 3 is 2.54 bits per heavy atom. The van der Waals surface area contributed by atoms with E-state index in [-0.39, 0.29) is 11.9 Å². The lowest BCUT2D eigenvalue weighted by atomic mass is 9.97. The van der Waals surface area contributed by atoms with Gasteiger partial charge >= 0.3 is 5.97 Å². The molecule has 0 bridgehead atoms. The van der Waals surface area contributed by atoms with E-state index in [9.17, 15) is 4.79 Å². The molecule has 0 spiro atoms. The smallest absolute Gasteiger partial charge is 0.333 e. The van der Waals surface area contributed by atoms with Crippen LogP contribution in [0.3, 0.4) is 0 Å². The highest BCUT2D eigenvalue weighted by Gasteiger charge is 2.14. The molecule has 0 aliphatic heterocycles. The molecular weight excluding hydrogens is 164 g/mol. The van der Waals surface area contributed by atoms with Crippen LogP contribution in [-0.4, -0.2) is 12.6 Å². The van der Waals surface area contributed by atoms with Gasteiger partial charge in [-0.05, 0) is 19.3 Å². The van der Waals surface area contributed by atoms with E-state index in [1.54, 1.807) is 0 Å². The Kier molecular flexibility index (Phi) is 6.29.